The largest absolute Gasteiger partial charge is 0.478 e. The fourth-order valence-corrected chi connectivity index (χ4v) is 2.09. The van der Waals surface area contributed by atoms with Crippen molar-refractivity contribution in [2.75, 3.05) is 0 Å². The molecule has 0 amide bonds. The van der Waals surface area contributed by atoms with E-state index in [0.29, 0.717) is 6.42 Å². The first-order chi connectivity index (χ1) is 11.2. The molecule has 5 heteroatoms. The maximum Gasteiger partial charge on any atom is 0.335 e. The molecule has 0 atom stereocenters. The lowest BCUT2D eigenvalue weighted by molar-refractivity contribution is -0.116. The Morgan fingerprint density at radius 3 is 1.67 bits per heavy atom. The highest BCUT2D eigenvalue weighted by atomic mass is 16.4. The van der Waals surface area contributed by atoms with Crippen molar-refractivity contribution in [1.29, 1.82) is 0 Å². The third kappa shape index (κ3) is 5.68. The molecule has 24 heavy (non-hydrogen) atoms. The molecule has 0 bridgehead atoms. The summed E-state index contributed by atoms with van der Waals surface area (Å²) in [5.41, 5.74) is 2.67. The van der Waals surface area contributed by atoms with Gasteiger partial charge in [-0.25, -0.2) is 9.59 Å². The molecule has 2 N–H and O–H groups in total. The molecule has 2 aromatic carbocycles. The van der Waals surface area contributed by atoms with Crippen LogP contribution in [0.15, 0.2) is 42.5 Å². The Labute approximate surface area is 140 Å². The molecule has 0 saturated carbocycles. The highest BCUT2D eigenvalue weighted by Gasteiger charge is 2.13. The molecule has 0 saturated heterocycles. The molecule has 0 radical (unpaired) electrons. The van der Waals surface area contributed by atoms with Gasteiger partial charge in [0.2, 0.25) is 0 Å². The molecule has 2 aromatic rings. The molecule has 0 heterocycles. The second-order valence-corrected chi connectivity index (χ2v) is 5.45. The first kappa shape index (κ1) is 19.1. The van der Waals surface area contributed by atoms with Gasteiger partial charge in [-0.05, 0) is 44.0 Å². The third-order valence-corrected chi connectivity index (χ3v) is 3.37. The summed E-state index contributed by atoms with van der Waals surface area (Å²) in [6.45, 7) is 5.13. The summed E-state index contributed by atoms with van der Waals surface area (Å²) in [5, 5.41) is 17.4. The fourth-order valence-electron chi connectivity index (χ4n) is 2.09. The van der Waals surface area contributed by atoms with Gasteiger partial charge < -0.3 is 10.2 Å². The summed E-state index contributed by atoms with van der Waals surface area (Å²) in [6.07, 6.45) is 0.556. The van der Waals surface area contributed by atoms with Crippen molar-refractivity contribution in [1.82, 2.24) is 0 Å². The lowest BCUT2D eigenvalue weighted by Crippen LogP contribution is -2.06. The number of benzene rings is 2. The van der Waals surface area contributed by atoms with E-state index >= 15 is 0 Å². The Bertz CT molecular complexity index is 713. The number of ketones is 1. The summed E-state index contributed by atoms with van der Waals surface area (Å²) in [6, 6.07) is 12.2. The lowest BCUT2D eigenvalue weighted by atomic mass is 10.0. The Balaban J connectivity index is 0.000000243. The normalized spacial score (nSPS) is 9.62. The number of aryl methyl sites for hydroxylation is 1. The van der Waals surface area contributed by atoms with E-state index in [-0.39, 0.29) is 22.5 Å². The molecule has 0 aliphatic rings. The molecule has 0 aliphatic carbocycles. The summed E-state index contributed by atoms with van der Waals surface area (Å²) in [7, 11) is 0. The number of carboxylic acids is 2. The Morgan fingerprint density at radius 1 is 0.833 bits per heavy atom. The number of aromatic carboxylic acids is 2. The van der Waals surface area contributed by atoms with Crippen LogP contribution in [0.3, 0.4) is 0 Å². The van der Waals surface area contributed by atoms with Gasteiger partial charge in [0.05, 0.1) is 11.1 Å². The number of carboxylic acid groups (broad SMARTS) is 2. The van der Waals surface area contributed by atoms with Gasteiger partial charge in [0, 0.05) is 6.42 Å². The Kier molecular flexibility index (Phi) is 6.86. The number of hydrogen-bond acceptors (Lipinski definition) is 3. The molecular formula is C19H20O5. The van der Waals surface area contributed by atoms with Crippen molar-refractivity contribution in [2.24, 2.45) is 0 Å². The summed E-state index contributed by atoms with van der Waals surface area (Å²) < 4.78 is 0. The SMILES string of the molecule is CC(=O)Cc1ccc(C)cc1.Cc1c(C(=O)O)cccc1C(=O)O. The number of hydrogen-bond donors (Lipinski definition) is 2. The zero-order valence-corrected chi connectivity index (χ0v) is 13.9. The average molecular weight is 328 g/mol. The zero-order chi connectivity index (χ0) is 18.3. The first-order valence-electron chi connectivity index (χ1n) is 7.33. The Hall–Kier alpha value is -2.95. The van der Waals surface area contributed by atoms with Gasteiger partial charge in [-0.1, -0.05) is 35.9 Å². The van der Waals surface area contributed by atoms with Crippen LogP contribution in [0.1, 0.15) is 44.3 Å². The van der Waals surface area contributed by atoms with Crippen LogP contribution in [-0.4, -0.2) is 27.9 Å². The monoisotopic (exact) mass is 328 g/mol. The molecule has 0 fully saturated rings. The van der Waals surface area contributed by atoms with Gasteiger partial charge >= 0.3 is 11.9 Å². The van der Waals surface area contributed by atoms with Crippen molar-refractivity contribution < 1.29 is 24.6 Å². The van der Waals surface area contributed by atoms with E-state index in [0.717, 1.165) is 5.56 Å². The molecular weight excluding hydrogens is 308 g/mol. The number of carbonyl (C=O) groups is 3. The third-order valence-electron chi connectivity index (χ3n) is 3.37. The molecule has 0 aromatic heterocycles. The van der Waals surface area contributed by atoms with Gasteiger partial charge in [-0.15, -0.1) is 0 Å². The van der Waals surface area contributed by atoms with E-state index in [2.05, 4.69) is 0 Å². The minimum Gasteiger partial charge on any atom is -0.478 e. The van der Waals surface area contributed by atoms with Crippen LogP contribution in [0.2, 0.25) is 0 Å². The fraction of sp³-hybridized carbons (Fsp3) is 0.211. The molecule has 0 spiro atoms. The van der Waals surface area contributed by atoms with Crippen molar-refractivity contribution in [2.45, 2.75) is 27.2 Å². The van der Waals surface area contributed by atoms with Gasteiger partial charge in [-0.2, -0.15) is 0 Å². The van der Waals surface area contributed by atoms with Crippen LogP contribution in [0.25, 0.3) is 0 Å². The Morgan fingerprint density at radius 2 is 1.29 bits per heavy atom. The maximum atomic E-state index is 10.7. The topological polar surface area (TPSA) is 91.7 Å². The van der Waals surface area contributed by atoms with E-state index in [1.807, 2.05) is 31.2 Å². The number of carbonyl (C=O) groups excluding carboxylic acids is 1. The van der Waals surface area contributed by atoms with E-state index in [4.69, 9.17) is 10.2 Å². The minimum atomic E-state index is -1.11. The van der Waals surface area contributed by atoms with Gasteiger partial charge in [-0.3, -0.25) is 4.79 Å². The van der Waals surface area contributed by atoms with Crippen LogP contribution in [-0.2, 0) is 11.2 Å². The van der Waals surface area contributed by atoms with Gasteiger partial charge in [0.15, 0.2) is 0 Å². The number of rotatable bonds is 4. The zero-order valence-electron chi connectivity index (χ0n) is 13.9. The van der Waals surface area contributed by atoms with E-state index < -0.39 is 11.9 Å². The smallest absolute Gasteiger partial charge is 0.335 e. The predicted octanol–water partition coefficient (Wildman–Crippen LogP) is 3.52. The molecule has 0 unspecified atom stereocenters. The highest BCUT2D eigenvalue weighted by Crippen LogP contribution is 2.13. The maximum absolute atomic E-state index is 10.7. The van der Waals surface area contributed by atoms with E-state index in [1.165, 1.54) is 30.7 Å². The van der Waals surface area contributed by atoms with Crippen molar-refractivity contribution in [3.8, 4) is 0 Å². The van der Waals surface area contributed by atoms with Crippen LogP contribution in [0.4, 0.5) is 0 Å². The van der Waals surface area contributed by atoms with Gasteiger partial charge in [0.25, 0.3) is 0 Å². The average Bonchev–Trinajstić information content (AvgIpc) is 2.49. The first-order valence-corrected chi connectivity index (χ1v) is 7.33. The number of Topliss-reactive ketones (excluding diaryl/α,β-unsaturated/α-hetero) is 1. The lowest BCUT2D eigenvalue weighted by Gasteiger charge is -2.03. The molecule has 5 nitrogen and oxygen atoms in total. The standard InChI is InChI=1S/C10H12O.C9H8O4/c1-8-3-5-10(6-4-8)7-9(2)11;1-5-6(8(10)11)3-2-4-7(5)9(12)13/h3-6H,7H2,1-2H3;2-4H,1H3,(H,10,11)(H,12,13). The van der Waals surface area contributed by atoms with Crippen molar-refractivity contribution in [3.05, 3.63) is 70.3 Å². The van der Waals surface area contributed by atoms with Crippen LogP contribution < -0.4 is 0 Å². The second kappa shape index (κ2) is 8.62. The van der Waals surface area contributed by atoms with Crippen LogP contribution in [0, 0.1) is 13.8 Å². The van der Waals surface area contributed by atoms with Crippen molar-refractivity contribution in [3.63, 3.8) is 0 Å². The van der Waals surface area contributed by atoms with E-state index in [1.54, 1.807) is 6.92 Å². The predicted molar refractivity (Wildman–Crippen MR) is 90.7 cm³/mol. The molecule has 2 rings (SSSR count). The molecule has 0 aliphatic heterocycles. The van der Waals surface area contributed by atoms with Crippen molar-refractivity contribution >= 4 is 17.7 Å². The molecule has 126 valence electrons. The van der Waals surface area contributed by atoms with Gasteiger partial charge in [0.1, 0.15) is 5.78 Å². The highest BCUT2D eigenvalue weighted by molar-refractivity contribution is 5.96. The van der Waals surface area contributed by atoms with E-state index in [9.17, 15) is 14.4 Å². The summed E-state index contributed by atoms with van der Waals surface area (Å²) >= 11 is 0. The quantitative estimate of drug-likeness (QED) is 0.896. The van der Waals surface area contributed by atoms with Crippen LogP contribution in [0.5, 0.6) is 0 Å². The van der Waals surface area contributed by atoms with Crippen LogP contribution >= 0.6 is 0 Å². The summed E-state index contributed by atoms with van der Waals surface area (Å²) in [5.74, 6) is -2.00. The minimum absolute atomic E-state index is 0.0277. The summed E-state index contributed by atoms with van der Waals surface area (Å²) in [4.78, 5) is 31.9. The second-order valence-electron chi connectivity index (χ2n) is 5.45.